The van der Waals surface area contributed by atoms with E-state index in [-0.39, 0.29) is 17.0 Å². The van der Waals surface area contributed by atoms with Crippen molar-refractivity contribution < 1.29 is 17.5 Å². The zero-order valence-electron chi connectivity index (χ0n) is 13.6. The number of rotatable bonds is 6. The van der Waals surface area contributed by atoms with Gasteiger partial charge in [-0.05, 0) is 55.3 Å². The monoisotopic (exact) mass is 371 g/mol. The normalized spacial score (nSPS) is 14.4. The molecule has 0 saturated carbocycles. The molecule has 7 heteroatoms. The van der Waals surface area contributed by atoms with Gasteiger partial charge in [-0.2, -0.15) is 0 Å². The molecule has 0 bridgehead atoms. The third-order valence-electron chi connectivity index (χ3n) is 3.93. The van der Waals surface area contributed by atoms with Gasteiger partial charge in [-0.25, -0.2) is 17.5 Å². The summed E-state index contributed by atoms with van der Waals surface area (Å²) in [4.78, 5) is 0.00551. The molecule has 2 rings (SSSR count). The SMILES string of the molecule is COC(C)(CNS(=O)(=O)c1ccc(F)c(C)c1)c1cccc(Cl)c1. The molecule has 130 valence electrons. The van der Waals surface area contributed by atoms with E-state index in [1.165, 1.54) is 26.2 Å². The van der Waals surface area contributed by atoms with Gasteiger partial charge in [0.1, 0.15) is 11.4 Å². The van der Waals surface area contributed by atoms with Gasteiger partial charge in [0.05, 0.1) is 4.90 Å². The Morgan fingerprint density at radius 3 is 2.54 bits per heavy atom. The van der Waals surface area contributed by atoms with Crippen molar-refractivity contribution in [1.82, 2.24) is 4.72 Å². The van der Waals surface area contributed by atoms with Gasteiger partial charge in [0.15, 0.2) is 0 Å². The maximum atomic E-state index is 13.3. The zero-order valence-corrected chi connectivity index (χ0v) is 15.2. The second kappa shape index (κ2) is 7.19. The molecule has 24 heavy (non-hydrogen) atoms. The van der Waals surface area contributed by atoms with Crippen LogP contribution in [0.15, 0.2) is 47.4 Å². The molecule has 2 aromatic carbocycles. The molecule has 1 N–H and O–H groups in total. The summed E-state index contributed by atoms with van der Waals surface area (Å²) in [5, 5.41) is 0.535. The van der Waals surface area contributed by atoms with Gasteiger partial charge in [0.2, 0.25) is 10.0 Å². The lowest BCUT2D eigenvalue weighted by Gasteiger charge is -2.29. The van der Waals surface area contributed by atoms with Crippen LogP contribution in [0.3, 0.4) is 0 Å². The Hall–Kier alpha value is -1.47. The van der Waals surface area contributed by atoms with Crippen LogP contribution in [0.25, 0.3) is 0 Å². The smallest absolute Gasteiger partial charge is 0.240 e. The minimum absolute atomic E-state index is 0.00258. The lowest BCUT2D eigenvalue weighted by Crippen LogP contribution is -2.40. The molecule has 0 aliphatic heterocycles. The summed E-state index contributed by atoms with van der Waals surface area (Å²) in [5.41, 5.74) is 0.116. The largest absolute Gasteiger partial charge is 0.372 e. The maximum absolute atomic E-state index is 13.3. The van der Waals surface area contributed by atoms with Crippen LogP contribution in [0.4, 0.5) is 4.39 Å². The Bertz CT molecular complexity index is 841. The summed E-state index contributed by atoms with van der Waals surface area (Å²) in [6, 6.07) is 10.7. The number of hydrogen-bond acceptors (Lipinski definition) is 3. The second-order valence-electron chi connectivity index (χ2n) is 5.68. The third kappa shape index (κ3) is 4.13. The van der Waals surface area contributed by atoms with Crippen LogP contribution in [0, 0.1) is 12.7 Å². The van der Waals surface area contributed by atoms with Crippen molar-refractivity contribution in [3.05, 3.63) is 64.4 Å². The standard InChI is InChI=1S/C17H19ClFNO3S/c1-12-9-15(7-8-16(12)19)24(21,22)20-11-17(2,23-3)13-5-4-6-14(18)10-13/h4-10,20H,11H2,1-3H3. The van der Waals surface area contributed by atoms with E-state index in [2.05, 4.69) is 4.72 Å². The van der Waals surface area contributed by atoms with E-state index >= 15 is 0 Å². The fourth-order valence-electron chi connectivity index (χ4n) is 2.21. The molecular weight excluding hydrogens is 353 g/mol. The van der Waals surface area contributed by atoms with E-state index in [9.17, 15) is 12.8 Å². The lowest BCUT2D eigenvalue weighted by molar-refractivity contribution is 0.00699. The van der Waals surface area contributed by atoms with Crippen molar-refractivity contribution in [1.29, 1.82) is 0 Å². The highest BCUT2D eigenvalue weighted by atomic mass is 35.5. The molecule has 4 nitrogen and oxygen atoms in total. The fraction of sp³-hybridized carbons (Fsp3) is 0.294. The molecular formula is C17H19ClFNO3S. The van der Waals surface area contributed by atoms with Crippen LogP contribution in [-0.2, 0) is 20.4 Å². The molecule has 0 heterocycles. The first-order valence-electron chi connectivity index (χ1n) is 7.25. The summed E-state index contributed by atoms with van der Waals surface area (Å²) in [5.74, 6) is -0.449. The highest BCUT2D eigenvalue weighted by Gasteiger charge is 2.29. The van der Waals surface area contributed by atoms with Crippen LogP contribution < -0.4 is 4.72 Å². The average Bonchev–Trinajstić information content (AvgIpc) is 2.55. The summed E-state index contributed by atoms with van der Waals surface area (Å²) in [7, 11) is -2.29. The van der Waals surface area contributed by atoms with E-state index in [1.807, 2.05) is 6.07 Å². The number of halogens is 2. The number of sulfonamides is 1. The molecule has 0 aliphatic rings. The third-order valence-corrected chi connectivity index (χ3v) is 5.56. The van der Waals surface area contributed by atoms with Crippen molar-refractivity contribution in [2.75, 3.05) is 13.7 Å². The van der Waals surface area contributed by atoms with Crippen LogP contribution >= 0.6 is 11.6 Å². The van der Waals surface area contributed by atoms with E-state index in [4.69, 9.17) is 16.3 Å². The van der Waals surface area contributed by atoms with E-state index in [1.54, 1.807) is 25.1 Å². The summed E-state index contributed by atoms with van der Waals surface area (Å²) < 4.78 is 46.2. The van der Waals surface area contributed by atoms with Crippen molar-refractivity contribution in [2.24, 2.45) is 0 Å². The van der Waals surface area contributed by atoms with E-state index < -0.39 is 21.4 Å². The molecule has 0 radical (unpaired) electrons. The van der Waals surface area contributed by atoms with Crippen LogP contribution in [0.2, 0.25) is 5.02 Å². The van der Waals surface area contributed by atoms with Gasteiger partial charge in [0, 0.05) is 18.7 Å². The van der Waals surface area contributed by atoms with Gasteiger partial charge >= 0.3 is 0 Å². The molecule has 0 fully saturated rings. The first kappa shape index (κ1) is 18.9. The summed E-state index contributed by atoms with van der Waals surface area (Å²) in [6.45, 7) is 3.28. The molecule has 0 saturated heterocycles. The Labute approximate surface area is 146 Å². The zero-order chi connectivity index (χ0) is 18.0. The predicted octanol–water partition coefficient (Wildman–Crippen LogP) is 3.63. The second-order valence-corrected chi connectivity index (χ2v) is 7.88. The molecule has 0 amide bonds. The number of hydrogen-bond donors (Lipinski definition) is 1. The van der Waals surface area contributed by atoms with Crippen molar-refractivity contribution >= 4 is 21.6 Å². The Morgan fingerprint density at radius 1 is 1.25 bits per heavy atom. The van der Waals surface area contributed by atoms with Gasteiger partial charge in [0.25, 0.3) is 0 Å². The molecule has 0 aromatic heterocycles. The first-order valence-corrected chi connectivity index (χ1v) is 9.11. The average molecular weight is 372 g/mol. The van der Waals surface area contributed by atoms with E-state index in [0.29, 0.717) is 5.02 Å². The Kier molecular flexibility index (Phi) is 5.65. The van der Waals surface area contributed by atoms with Gasteiger partial charge < -0.3 is 4.74 Å². The fourth-order valence-corrected chi connectivity index (χ4v) is 3.61. The van der Waals surface area contributed by atoms with E-state index in [0.717, 1.165) is 11.6 Å². The molecule has 1 atom stereocenters. The Balaban J connectivity index is 2.24. The summed E-state index contributed by atoms with van der Waals surface area (Å²) >= 11 is 6.00. The highest BCUT2D eigenvalue weighted by Crippen LogP contribution is 2.27. The Morgan fingerprint density at radius 2 is 1.96 bits per heavy atom. The minimum atomic E-state index is -3.79. The maximum Gasteiger partial charge on any atom is 0.240 e. The van der Waals surface area contributed by atoms with Crippen molar-refractivity contribution in [3.8, 4) is 0 Å². The topological polar surface area (TPSA) is 55.4 Å². The molecule has 0 spiro atoms. The van der Waals surface area contributed by atoms with Crippen LogP contribution in [0.1, 0.15) is 18.1 Å². The summed E-state index contributed by atoms with van der Waals surface area (Å²) in [6.07, 6.45) is 0. The van der Waals surface area contributed by atoms with Gasteiger partial charge in [-0.1, -0.05) is 23.7 Å². The van der Waals surface area contributed by atoms with Gasteiger partial charge in [-0.3, -0.25) is 0 Å². The number of aryl methyl sites for hydroxylation is 1. The number of nitrogens with one attached hydrogen (secondary N) is 1. The van der Waals surface area contributed by atoms with Gasteiger partial charge in [-0.15, -0.1) is 0 Å². The highest BCUT2D eigenvalue weighted by molar-refractivity contribution is 7.89. The molecule has 0 aliphatic carbocycles. The predicted molar refractivity (Wildman–Crippen MR) is 92.1 cm³/mol. The number of methoxy groups -OCH3 is 1. The number of benzene rings is 2. The van der Waals surface area contributed by atoms with Crippen LogP contribution in [0.5, 0.6) is 0 Å². The quantitative estimate of drug-likeness (QED) is 0.843. The number of ether oxygens (including phenoxy) is 1. The molecule has 2 aromatic rings. The lowest BCUT2D eigenvalue weighted by atomic mass is 9.96. The van der Waals surface area contributed by atoms with Crippen molar-refractivity contribution in [3.63, 3.8) is 0 Å². The van der Waals surface area contributed by atoms with Crippen LogP contribution in [-0.4, -0.2) is 22.1 Å². The minimum Gasteiger partial charge on any atom is -0.372 e. The first-order chi connectivity index (χ1) is 11.2. The van der Waals surface area contributed by atoms with Crippen molar-refractivity contribution in [2.45, 2.75) is 24.3 Å². The molecule has 1 unspecified atom stereocenters.